The van der Waals surface area contributed by atoms with E-state index in [4.69, 9.17) is 5.11 Å². The Bertz CT molecular complexity index is 488. The van der Waals surface area contributed by atoms with E-state index in [1.807, 2.05) is 24.4 Å². The van der Waals surface area contributed by atoms with Crippen LogP contribution in [0.3, 0.4) is 0 Å². The monoisotopic (exact) mass is 236 g/mol. The minimum Gasteiger partial charge on any atom is -0.478 e. The van der Waals surface area contributed by atoms with Crippen molar-refractivity contribution in [2.24, 2.45) is 0 Å². The SMILES string of the molecule is CCCn1cc(C(=O)O)c(-c2cccs2)n1. The fourth-order valence-corrected chi connectivity index (χ4v) is 2.24. The summed E-state index contributed by atoms with van der Waals surface area (Å²) >= 11 is 1.50. The highest BCUT2D eigenvalue weighted by atomic mass is 32.1. The van der Waals surface area contributed by atoms with Crippen molar-refractivity contribution in [1.29, 1.82) is 0 Å². The molecule has 0 aromatic carbocycles. The number of hydrogen-bond donors (Lipinski definition) is 1. The minimum atomic E-state index is -0.925. The highest BCUT2D eigenvalue weighted by Gasteiger charge is 2.17. The second kappa shape index (κ2) is 4.49. The van der Waals surface area contributed by atoms with Gasteiger partial charge in [-0.1, -0.05) is 13.0 Å². The third-order valence-electron chi connectivity index (χ3n) is 2.20. The molecule has 2 aromatic rings. The molecule has 0 atom stereocenters. The smallest absolute Gasteiger partial charge is 0.339 e. The maximum Gasteiger partial charge on any atom is 0.339 e. The first kappa shape index (κ1) is 10.9. The molecule has 0 unspecified atom stereocenters. The topological polar surface area (TPSA) is 55.1 Å². The van der Waals surface area contributed by atoms with Crippen molar-refractivity contribution in [2.45, 2.75) is 19.9 Å². The second-order valence-electron chi connectivity index (χ2n) is 3.44. The van der Waals surface area contributed by atoms with Crippen LogP contribution in [0.15, 0.2) is 23.7 Å². The number of carboxylic acids is 1. The molecule has 0 bridgehead atoms. The van der Waals surface area contributed by atoms with E-state index in [1.165, 1.54) is 11.3 Å². The largest absolute Gasteiger partial charge is 0.478 e. The summed E-state index contributed by atoms with van der Waals surface area (Å²) in [6.07, 6.45) is 2.53. The quantitative estimate of drug-likeness (QED) is 0.888. The maximum atomic E-state index is 11.1. The van der Waals surface area contributed by atoms with Crippen LogP contribution in [-0.2, 0) is 6.54 Å². The summed E-state index contributed by atoms with van der Waals surface area (Å²) in [6, 6.07) is 3.78. The van der Waals surface area contributed by atoms with Crippen LogP contribution >= 0.6 is 11.3 Å². The normalized spacial score (nSPS) is 10.6. The van der Waals surface area contributed by atoms with E-state index in [-0.39, 0.29) is 5.56 Å². The van der Waals surface area contributed by atoms with Crippen LogP contribution < -0.4 is 0 Å². The van der Waals surface area contributed by atoms with Crippen molar-refractivity contribution >= 4 is 17.3 Å². The van der Waals surface area contributed by atoms with Gasteiger partial charge in [0.05, 0.1) is 4.88 Å². The number of thiophene rings is 1. The molecular weight excluding hydrogens is 224 g/mol. The van der Waals surface area contributed by atoms with E-state index in [0.29, 0.717) is 5.69 Å². The summed E-state index contributed by atoms with van der Waals surface area (Å²) in [7, 11) is 0. The number of hydrogen-bond acceptors (Lipinski definition) is 3. The Morgan fingerprint density at radius 1 is 1.62 bits per heavy atom. The lowest BCUT2D eigenvalue weighted by Gasteiger charge is -1.95. The van der Waals surface area contributed by atoms with Gasteiger partial charge in [0, 0.05) is 12.7 Å². The lowest BCUT2D eigenvalue weighted by atomic mass is 10.2. The molecule has 0 aliphatic heterocycles. The zero-order valence-electron chi connectivity index (χ0n) is 8.88. The molecule has 0 fully saturated rings. The molecule has 2 aromatic heterocycles. The van der Waals surface area contributed by atoms with Crippen molar-refractivity contribution in [3.63, 3.8) is 0 Å². The first-order valence-electron chi connectivity index (χ1n) is 5.07. The number of carboxylic acid groups (broad SMARTS) is 1. The number of aromatic nitrogens is 2. The fourth-order valence-electron chi connectivity index (χ4n) is 1.52. The van der Waals surface area contributed by atoms with Gasteiger partial charge in [-0.05, 0) is 17.9 Å². The average molecular weight is 236 g/mol. The van der Waals surface area contributed by atoms with E-state index in [1.54, 1.807) is 10.9 Å². The van der Waals surface area contributed by atoms with Crippen molar-refractivity contribution in [1.82, 2.24) is 9.78 Å². The highest BCUT2D eigenvalue weighted by molar-refractivity contribution is 7.13. The predicted octanol–water partition coefficient (Wildman–Crippen LogP) is 2.72. The molecule has 0 saturated heterocycles. The Kier molecular flexibility index (Phi) is 3.05. The van der Waals surface area contributed by atoms with Gasteiger partial charge in [-0.25, -0.2) is 4.79 Å². The second-order valence-corrected chi connectivity index (χ2v) is 4.38. The summed E-state index contributed by atoms with van der Waals surface area (Å²) in [5, 5.41) is 15.3. The van der Waals surface area contributed by atoms with Crippen molar-refractivity contribution in [3.8, 4) is 10.6 Å². The number of aromatic carboxylic acids is 1. The van der Waals surface area contributed by atoms with E-state index < -0.39 is 5.97 Å². The third-order valence-corrected chi connectivity index (χ3v) is 3.08. The Morgan fingerprint density at radius 2 is 2.44 bits per heavy atom. The van der Waals surface area contributed by atoms with Gasteiger partial charge in [0.2, 0.25) is 0 Å². The number of rotatable bonds is 4. The molecule has 0 aliphatic rings. The van der Waals surface area contributed by atoms with Gasteiger partial charge in [0.1, 0.15) is 11.3 Å². The van der Waals surface area contributed by atoms with Crippen LogP contribution in [0.1, 0.15) is 23.7 Å². The zero-order chi connectivity index (χ0) is 11.5. The molecule has 0 amide bonds. The van der Waals surface area contributed by atoms with Crippen LogP contribution in [0.25, 0.3) is 10.6 Å². The van der Waals surface area contributed by atoms with E-state index in [9.17, 15) is 4.79 Å². The number of carbonyl (C=O) groups is 1. The van der Waals surface area contributed by atoms with Crippen LogP contribution in [0.2, 0.25) is 0 Å². The van der Waals surface area contributed by atoms with E-state index >= 15 is 0 Å². The predicted molar refractivity (Wildman–Crippen MR) is 62.8 cm³/mol. The van der Waals surface area contributed by atoms with Gasteiger partial charge in [-0.2, -0.15) is 5.10 Å². The Hall–Kier alpha value is -1.62. The fraction of sp³-hybridized carbons (Fsp3) is 0.273. The Morgan fingerprint density at radius 3 is 3.00 bits per heavy atom. The molecular formula is C11H12N2O2S. The van der Waals surface area contributed by atoms with Gasteiger partial charge in [-0.15, -0.1) is 11.3 Å². The minimum absolute atomic E-state index is 0.274. The van der Waals surface area contributed by atoms with Crippen LogP contribution in [0.5, 0.6) is 0 Å². The van der Waals surface area contributed by atoms with E-state index in [2.05, 4.69) is 5.10 Å². The zero-order valence-corrected chi connectivity index (χ0v) is 9.70. The molecule has 84 valence electrons. The lowest BCUT2D eigenvalue weighted by Crippen LogP contribution is -1.97. The van der Waals surface area contributed by atoms with E-state index in [0.717, 1.165) is 17.8 Å². The van der Waals surface area contributed by atoms with Crippen LogP contribution in [-0.4, -0.2) is 20.9 Å². The summed E-state index contributed by atoms with van der Waals surface area (Å²) in [6.45, 7) is 2.78. The molecule has 1 N–H and O–H groups in total. The standard InChI is InChI=1S/C11H12N2O2S/c1-2-5-13-7-8(11(14)15)10(12-13)9-4-3-6-16-9/h3-4,6-7H,2,5H2,1H3,(H,14,15). The van der Waals surface area contributed by atoms with Gasteiger partial charge in [0.15, 0.2) is 0 Å². The summed E-state index contributed by atoms with van der Waals surface area (Å²) < 4.78 is 1.69. The van der Waals surface area contributed by atoms with Gasteiger partial charge in [0.25, 0.3) is 0 Å². The highest BCUT2D eigenvalue weighted by Crippen LogP contribution is 2.26. The Labute approximate surface area is 97.2 Å². The summed E-state index contributed by atoms with van der Waals surface area (Å²) in [5.41, 5.74) is 0.840. The van der Waals surface area contributed by atoms with Gasteiger partial charge >= 0.3 is 5.97 Å². The maximum absolute atomic E-state index is 11.1. The molecule has 16 heavy (non-hydrogen) atoms. The van der Waals surface area contributed by atoms with Gasteiger partial charge in [-0.3, -0.25) is 4.68 Å². The molecule has 0 aliphatic carbocycles. The van der Waals surface area contributed by atoms with Crippen molar-refractivity contribution in [2.75, 3.05) is 0 Å². The number of aryl methyl sites for hydroxylation is 1. The average Bonchev–Trinajstić information content (AvgIpc) is 2.83. The molecule has 0 saturated carbocycles. The van der Waals surface area contributed by atoms with Gasteiger partial charge < -0.3 is 5.11 Å². The molecule has 0 radical (unpaired) electrons. The van der Waals surface area contributed by atoms with Crippen LogP contribution in [0, 0.1) is 0 Å². The summed E-state index contributed by atoms with van der Waals surface area (Å²) in [5.74, 6) is -0.925. The summed E-state index contributed by atoms with van der Waals surface area (Å²) in [4.78, 5) is 12.0. The molecule has 4 nitrogen and oxygen atoms in total. The molecule has 5 heteroatoms. The van der Waals surface area contributed by atoms with Crippen LogP contribution in [0.4, 0.5) is 0 Å². The lowest BCUT2D eigenvalue weighted by molar-refractivity contribution is 0.0697. The van der Waals surface area contributed by atoms with Crippen molar-refractivity contribution < 1.29 is 9.90 Å². The van der Waals surface area contributed by atoms with Crippen molar-refractivity contribution in [3.05, 3.63) is 29.3 Å². The molecule has 2 rings (SSSR count). The molecule has 0 spiro atoms. The molecule has 2 heterocycles. The first-order chi connectivity index (χ1) is 7.72. The third kappa shape index (κ3) is 1.99. The first-order valence-corrected chi connectivity index (χ1v) is 5.95. The Balaban J connectivity index is 2.46. The number of nitrogens with zero attached hydrogens (tertiary/aromatic N) is 2.